The van der Waals surface area contributed by atoms with Gasteiger partial charge >= 0.3 is 0 Å². The van der Waals surface area contributed by atoms with Crippen molar-refractivity contribution in [1.29, 1.82) is 0 Å². The van der Waals surface area contributed by atoms with E-state index in [0.717, 1.165) is 25.9 Å². The fourth-order valence-electron chi connectivity index (χ4n) is 2.83. The highest BCUT2D eigenvalue weighted by atomic mass is 35.5. The number of carbonyl (C=O) groups excluding carboxylic acids is 1. The normalized spacial score (nSPS) is 15.7. The number of hydrogen-bond acceptors (Lipinski definition) is 2. The lowest BCUT2D eigenvalue weighted by Gasteiger charge is -2.32. The maximum Gasteiger partial charge on any atom is 0.260 e. The Morgan fingerprint density at radius 2 is 1.87 bits per heavy atom. The molecule has 0 N–H and O–H groups in total. The topological polar surface area (TPSA) is 34.5 Å². The number of rotatable bonds is 4. The van der Waals surface area contributed by atoms with E-state index in [1.165, 1.54) is 0 Å². The first-order valence-electron chi connectivity index (χ1n) is 7.61. The van der Waals surface area contributed by atoms with Gasteiger partial charge in [-0.25, -0.2) is 0 Å². The van der Waals surface area contributed by atoms with Crippen LogP contribution in [0.3, 0.4) is 0 Å². The number of hydrogen-bond donors (Lipinski definition) is 0. The minimum atomic E-state index is -0.0121. The second kappa shape index (κ2) is 7.28. The van der Waals surface area contributed by atoms with Gasteiger partial charge in [-0.05, 0) is 43.2 Å². The summed E-state index contributed by atoms with van der Waals surface area (Å²) in [6.45, 7) is 1.49. The van der Waals surface area contributed by atoms with E-state index in [4.69, 9.17) is 27.9 Å². The molecule has 1 aromatic heterocycles. The number of aromatic nitrogens is 1. The van der Waals surface area contributed by atoms with Crippen molar-refractivity contribution in [3.05, 3.63) is 52.8 Å². The highest BCUT2D eigenvalue weighted by Gasteiger charge is 2.23. The number of benzene rings is 1. The van der Waals surface area contributed by atoms with Crippen molar-refractivity contribution in [1.82, 2.24) is 9.47 Å². The van der Waals surface area contributed by atoms with Gasteiger partial charge in [-0.3, -0.25) is 4.79 Å². The predicted octanol–water partition coefficient (Wildman–Crippen LogP) is 4.04. The largest absolute Gasteiger partial charge is 0.482 e. The van der Waals surface area contributed by atoms with Crippen LogP contribution in [0, 0.1) is 0 Å². The Morgan fingerprint density at radius 3 is 2.52 bits per heavy atom. The molecule has 1 aliphatic heterocycles. The zero-order chi connectivity index (χ0) is 16.2. The molecule has 0 aliphatic carbocycles. The van der Waals surface area contributed by atoms with Gasteiger partial charge in [-0.1, -0.05) is 23.2 Å². The maximum atomic E-state index is 12.3. The highest BCUT2D eigenvalue weighted by molar-refractivity contribution is 6.35. The minimum Gasteiger partial charge on any atom is -0.482 e. The molecule has 2 aromatic rings. The lowest BCUT2D eigenvalue weighted by molar-refractivity contribution is -0.134. The summed E-state index contributed by atoms with van der Waals surface area (Å²) in [7, 11) is 0. The first kappa shape index (κ1) is 16.2. The van der Waals surface area contributed by atoms with E-state index in [-0.39, 0.29) is 12.5 Å². The van der Waals surface area contributed by atoms with Crippen LogP contribution in [0.4, 0.5) is 0 Å². The summed E-state index contributed by atoms with van der Waals surface area (Å²) >= 11 is 11.9. The van der Waals surface area contributed by atoms with Gasteiger partial charge < -0.3 is 14.2 Å². The molecule has 3 rings (SSSR count). The Morgan fingerprint density at radius 1 is 1.17 bits per heavy atom. The molecule has 1 amide bonds. The smallest absolute Gasteiger partial charge is 0.260 e. The van der Waals surface area contributed by atoms with Gasteiger partial charge in [-0.2, -0.15) is 0 Å². The zero-order valence-electron chi connectivity index (χ0n) is 12.6. The molecule has 122 valence electrons. The number of halogens is 2. The molecule has 0 unspecified atom stereocenters. The summed E-state index contributed by atoms with van der Waals surface area (Å²) in [6.07, 6.45) is 6.08. The third-order valence-electron chi connectivity index (χ3n) is 4.11. The number of piperidine rings is 1. The Bertz CT molecular complexity index is 665. The standard InChI is InChI=1S/C17H18Cl2N2O2/c18-13-3-4-16(15(19)11-13)23-12-17(22)21-9-5-14(6-10-21)20-7-1-2-8-20/h1-4,7-8,11,14H,5-6,9-10,12H2. The monoisotopic (exact) mass is 352 g/mol. The molecular weight excluding hydrogens is 335 g/mol. The van der Waals surface area contributed by atoms with Crippen LogP contribution >= 0.6 is 23.2 Å². The van der Waals surface area contributed by atoms with Gasteiger partial charge in [0.1, 0.15) is 5.75 Å². The van der Waals surface area contributed by atoms with E-state index in [1.807, 2.05) is 17.0 Å². The molecular formula is C17H18Cl2N2O2. The van der Waals surface area contributed by atoms with E-state index >= 15 is 0 Å². The van der Waals surface area contributed by atoms with Crippen LogP contribution in [0.1, 0.15) is 18.9 Å². The molecule has 6 heteroatoms. The maximum absolute atomic E-state index is 12.3. The van der Waals surface area contributed by atoms with Crippen LogP contribution in [0.25, 0.3) is 0 Å². The number of ether oxygens (including phenoxy) is 1. The molecule has 1 aliphatic rings. The lowest BCUT2D eigenvalue weighted by atomic mass is 10.1. The van der Waals surface area contributed by atoms with Crippen molar-refractivity contribution >= 4 is 29.1 Å². The van der Waals surface area contributed by atoms with Crippen LogP contribution in [0.5, 0.6) is 5.75 Å². The molecule has 0 radical (unpaired) electrons. The van der Waals surface area contributed by atoms with Crippen LogP contribution < -0.4 is 4.74 Å². The van der Waals surface area contributed by atoms with E-state index in [2.05, 4.69) is 17.0 Å². The Labute approximate surface area is 145 Å². The average Bonchev–Trinajstić information content (AvgIpc) is 3.08. The molecule has 2 heterocycles. The number of nitrogens with zero attached hydrogens (tertiary/aromatic N) is 2. The van der Waals surface area contributed by atoms with Crippen molar-refractivity contribution in [2.24, 2.45) is 0 Å². The predicted molar refractivity (Wildman–Crippen MR) is 91.2 cm³/mol. The number of carbonyl (C=O) groups is 1. The van der Waals surface area contributed by atoms with Crippen LogP contribution in [0.2, 0.25) is 10.0 Å². The fourth-order valence-corrected chi connectivity index (χ4v) is 3.29. The van der Waals surface area contributed by atoms with Crippen molar-refractivity contribution in [2.45, 2.75) is 18.9 Å². The van der Waals surface area contributed by atoms with Crippen molar-refractivity contribution in [2.75, 3.05) is 19.7 Å². The summed E-state index contributed by atoms with van der Waals surface area (Å²) in [5.41, 5.74) is 0. The summed E-state index contributed by atoms with van der Waals surface area (Å²) in [4.78, 5) is 14.1. The first-order valence-corrected chi connectivity index (χ1v) is 8.37. The van der Waals surface area contributed by atoms with Gasteiger partial charge in [0, 0.05) is 36.5 Å². The minimum absolute atomic E-state index is 0.00443. The summed E-state index contributed by atoms with van der Waals surface area (Å²) in [5.74, 6) is 0.466. The average molecular weight is 353 g/mol. The van der Waals surface area contributed by atoms with Crippen molar-refractivity contribution in [3.63, 3.8) is 0 Å². The molecule has 4 nitrogen and oxygen atoms in total. The Kier molecular flexibility index (Phi) is 5.13. The van der Waals surface area contributed by atoms with Gasteiger partial charge in [0.25, 0.3) is 5.91 Å². The third-order valence-corrected chi connectivity index (χ3v) is 4.64. The fraction of sp³-hybridized carbons (Fsp3) is 0.353. The van der Waals surface area contributed by atoms with Gasteiger partial charge in [-0.15, -0.1) is 0 Å². The Hall–Kier alpha value is -1.65. The van der Waals surface area contributed by atoms with Crippen LogP contribution in [-0.4, -0.2) is 35.1 Å². The summed E-state index contributed by atoms with van der Waals surface area (Å²) < 4.78 is 7.73. The molecule has 0 saturated carbocycles. The third kappa shape index (κ3) is 4.01. The van der Waals surface area contributed by atoms with Crippen molar-refractivity contribution in [3.8, 4) is 5.75 Å². The van der Waals surface area contributed by atoms with E-state index in [0.29, 0.717) is 21.8 Å². The van der Waals surface area contributed by atoms with Crippen molar-refractivity contribution < 1.29 is 9.53 Å². The molecule has 1 aromatic carbocycles. The number of likely N-dealkylation sites (tertiary alicyclic amines) is 1. The van der Waals surface area contributed by atoms with E-state index in [9.17, 15) is 4.79 Å². The lowest BCUT2D eigenvalue weighted by Crippen LogP contribution is -2.41. The van der Waals surface area contributed by atoms with Gasteiger partial charge in [0.15, 0.2) is 6.61 Å². The number of amides is 1. The van der Waals surface area contributed by atoms with E-state index in [1.54, 1.807) is 18.2 Å². The zero-order valence-corrected chi connectivity index (χ0v) is 14.1. The summed E-state index contributed by atoms with van der Waals surface area (Å²) in [5, 5.41) is 0.956. The van der Waals surface area contributed by atoms with Crippen LogP contribution in [-0.2, 0) is 4.79 Å². The molecule has 0 atom stereocenters. The van der Waals surface area contributed by atoms with Gasteiger partial charge in [0.05, 0.1) is 5.02 Å². The second-order valence-electron chi connectivity index (χ2n) is 5.61. The first-order chi connectivity index (χ1) is 11.1. The SMILES string of the molecule is O=C(COc1ccc(Cl)cc1Cl)N1CCC(n2cccc2)CC1. The van der Waals surface area contributed by atoms with E-state index < -0.39 is 0 Å². The molecule has 1 fully saturated rings. The summed E-state index contributed by atoms with van der Waals surface area (Å²) in [6, 6.07) is 9.50. The molecule has 0 bridgehead atoms. The highest BCUT2D eigenvalue weighted by Crippen LogP contribution is 2.28. The quantitative estimate of drug-likeness (QED) is 0.832. The molecule has 1 saturated heterocycles. The second-order valence-corrected chi connectivity index (χ2v) is 6.45. The van der Waals surface area contributed by atoms with Gasteiger partial charge in [0.2, 0.25) is 0 Å². The molecule has 0 spiro atoms. The van der Waals surface area contributed by atoms with Crippen LogP contribution in [0.15, 0.2) is 42.7 Å². The Balaban J connectivity index is 1.50. The molecule has 23 heavy (non-hydrogen) atoms.